The molecule has 0 amide bonds. The van der Waals surface area contributed by atoms with Gasteiger partial charge in [0, 0.05) is 6.07 Å². The van der Waals surface area contributed by atoms with Crippen molar-refractivity contribution in [1.29, 1.82) is 5.26 Å². The smallest absolute Gasteiger partial charge is 0.312 e. The van der Waals surface area contributed by atoms with E-state index in [1.165, 1.54) is 18.2 Å². The molecule has 0 spiro atoms. The molecule has 0 aliphatic rings. The van der Waals surface area contributed by atoms with Gasteiger partial charge in [0.1, 0.15) is 17.4 Å². The van der Waals surface area contributed by atoms with Gasteiger partial charge < -0.3 is 4.74 Å². The first-order valence-corrected chi connectivity index (χ1v) is 5.13. The Hall–Kier alpha value is -2.87. The van der Waals surface area contributed by atoms with Gasteiger partial charge in [-0.05, 0) is 18.2 Å². The molecule has 0 fully saturated rings. The van der Waals surface area contributed by atoms with Crippen molar-refractivity contribution in [3.63, 3.8) is 0 Å². The summed E-state index contributed by atoms with van der Waals surface area (Å²) in [5.41, 5.74) is -0.0917. The van der Waals surface area contributed by atoms with E-state index < -0.39 is 4.92 Å². The first kappa shape index (κ1) is 11.6. The molecule has 0 atom stereocenters. The molecule has 0 bridgehead atoms. The summed E-state index contributed by atoms with van der Waals surface area (Å²) >= 11 is 0. The molecule has 0 radical (unpaired) electrons. The standard InChI is InChI=1S/C13H8N2O3/c14-9-10-5-4-8-12(15(16)17)13(10)18-11-6-2-1-3-7-11/h1-8H. The molecule has 2 aromatic rings. The second-order valence-corrected chi connectivity index (χ2v) is 3.44. The first-order chi connectivity index (χ1) is 8.72. The molecule has 0 unspecified atom stereocenters. The van der Waals surface area contributed by atoms with E-state index in [0.29, 0.717) is 5.75 Å². The summed E-state index contributed by atoms with van der Waals surface area (Å²) in [6, 6.07) is 14.7. The molecule has 0 saturated heterocycles. The normalized spacial score (nSPS) is 9.50. The Morgan fingerprint density at radius 3 is 2.44 bits per heavy atom. The number of hydrogen-bond donors (Lipinski definition) is 0. The second-order valence-electron chi connectivity index (χ2n) is 3.44. The van der Waals surface area contributed by atoms with Gasteiger partial charge in [0.15, 0.2) is 0 Å². The number of nitriles is 1. The lowest BCUT2D eigenvalue weighted by atomic mass is 10.2. The Morgan fingerprint density at radius 1 is 1.11 bits per heavy atom. The topological polar surface area (TPSA) is 76.2 Å². The van der Waals surface area contributed by atoms with Crippen molar-refractivity contribution in [2.45, 2.75) is 0 Å². The van der Waals surface area contributed by atoms with Crippen LogP contribution in [-0.4, -0.2) is 4.92 Å². The molecule has 2 rings (SSSR count). The van der Waals surface area contributed by atoms with Crippen LogP contribution in [-0.2, 0) is 0 Å². The molecular formula is C13H8N2O3. The Morgan fingerprint density at radius 2 is 1.83 bits per heavy atom. The van der Waals surface area contributed by atoms with Crippen LogP contribution < -0.4 is 4.74 Å². The van der Waals surface area contributed by atoms with Crippen LogP contribution in [0.15, 0.2) is 48.5 Å². The van der Waals surface area contributed by atoms with Crippen LogP contribution in [0.2, 0.25) is 0 Å². The first-order valence-electron chi connectivity index (χ1n) is 5.13. The van der Waals surface area contributed by atoms with Crippen molar-refractivity contribution in [3.05, 3.63) is 64.2 Å². The zero-order chi connectivity index (χ0) is 13.0. The number of rotatable bonds is 3. The van der Waals surface area contributed by atoms with Gasteiger partial charge in [0.2, 0.25) is 5.75 Å². The van der Waals surface area contributed by atoms with Gasteiger partial charge in [-0.1, -0.05) is 24.3 Å². The number of nitro groups is 1. The molecule has 0 aliphatic heterocycles. The molecule has 0 aliphatic carbocycles. The highest BCUT2D eigenvalue weighted by atomic mass is 16.6. The van der Waals surface area contributed by atoms with Crippen molar-refractivity contribution in [2.75, 3.05) is 0 Å². The fraction of sp³-hybridized carbons (Fsp3) is 0. The van der Waals surface area contributed by atoms with Crippen LogP contribution in [0.25, 0.3) is 0 Å². The predicted molar refractivity (Wildman–Crippen MR) is 64.3 cm³/mol. The number of hydrogen-bond acceptors (Lipinski definition) is 4. The highest BCUT2D eigenvalue weighted by molar-refractivity contribution is 5.57. The summed E-state index contributed by atoms with van der Waals surface area (Å²) in [4.78, 5) is 10.3. The van der Waals surface area contributed by atoms with E-state index in [1.54, 1.807) is 30.3 Å². The molecule has 5 nitrogen and oxygen atoms in total. The minimum Gasteiger partial charge on any atom is -0.449 e. The highest BCUT2D eigenvalue weighted by Gasteiger charge is 2.19. The van der Waals surface area contributed by atoms with E-state index in [2.05, 4.69) is 0 Å². The third-order valence-corrected chi connectivity index (χ3v) is 2.27. The van der Waals surface area contributed by atoms with Crippen molar-refractivity contribution in [1.82, 2.24) is 0 Å². The fourth-order valence-electron chi connectivity index (χ4n) is 1.47. The monoisotopic (exact) mass is 240 g/mol. The molecule has 2 aromatic carbocycles. The maximum Gasteiger partial charge on any atom is 0.312 e. The Labute approximate surface area is 103 Å². The zero-order valence-corrected chi connectivity index (χ0v) is 9.24. The fourth-order valence-corrected chi connectivity index (χ4v) is 1.47. The lowest BCUT2D eigenvalue weighted by Gasteiger charge is -2.07. The van der Waals surface area contributed by atoms with E-state index >= 15 is 0 Å². The summed E-state index contributed by atoms with van der Waals surface area (Å²) in [5.74, 6) is 0.416. The Balaban J connectivity index is 2.49. The number of ether oxygens (including phenoxy) is 1. The summed E-state index contributed by atoms with van der Waals surface area (Å²) in [7, 11) is 0. The molecule has 0 N–H and O–H groups in total. The largest absolute Gasteiger partial charge is 0.449 e. The molecule has 18 heavy (non-hydrogen) atoms. The van der Waals surface area contributed by atoms with Gasteiger partial charge in [0.25, 0.3) is 0 Å². The van der Waals surface area contributed by atoms with Crippen molar-refractivity contribution in [3.8, 4) is 17.6 Å². The van der Waals surface area contributed by atoms with Crippen LogP contribution in [0.4, 0.5) is 5.69 Å². The van der Waals surface area contributed by atoms with Gasteiger partial charge in [-0.3, -0.25) is 10.1 Å². The minimum atomic E-state index is -0.570. The molecular weight excluding hydrogens is 232 g/mol. The average molecular weight is 240 g/mol. The zero-order valence-electron chi connectivity index (χ0n) is 9.24. The SMILES string of the molecule is N#Cc1cccc([N+](=O)[O-])c1Oc1ccccc1. The van der Waals surface area contributed by atoms with E-state index in [0.717, 1.165) is 0 Å². The number of para-hydroxylation sites is 2. The summed E-state index contributed by atoms with van der Waals surface area (Å²) in [6.07, 6.45) is 0. The highest BCUT2D eigenvalue weighted by Crippen LogP contribution is 2.34. The van der Waals surface area contributed by atoms with Crippen molar-refractivity contribution in [2.24, 2.45) is 0 Å². The van der Waals surface area contributed by atoms with Crippen molar-refractivity contribution >= 4 is 5.69 Å². The van der Waals surface area contributed by atoms with Crippen LogP contribution in [0, 0.1) is 21.4 Å². The summed E-state index contributed by atoms with van der Waals surface area (Å²) in [5, 5.41) is 19.8. The minimum absolute atomic E-state index is 0.0313. The average Bonchev–Trinajstić information content (AvgIpc) is 2.40. The van der Waals surface area contributed by atoms with E-state index in [-0.39, 0.29) is 17.0 Å². The van der Waals surface area contributed by atoms with Crippen LogP contribution >= 0.6 is 0 Å². The van der Waals surface area contributed by atoms with Gasteiger partial charge in [-0.25, -0.2) is 0 Å². The lowest BCUT2D eigenvalue weighted by molar-refractivity contribution is -0.385. The molecule has 0 heterocycles. The molecule has 88 valence electrons. The number of nitrogens with zero attached hydrogens (tertiary/aromatic N) is 2. The summed E-state index contributed by atoms with van der Waals surface area (Å²) < 4.78 is 5.43. The van der Waals surface area contributed by atoms with Crippen LogP contribution in [0.5, 0.6) is 11.5 Å². The van der Waals surface area contributed by atoms with E-state index in [4.69, 9.17) is 10.00 Å². The second kappa shape index (κ2) is 4.97. The quantitative estimate of drug-likeness (QED) is 0.609. The maximum absolute atomic E-state index is 10.9. The van der Waals surface area contributed by atoms with E-state index in [9.17, 15) is 10.1 Å². The van der Waals surface area contributed by atoms with Crippen LogP contribution in [0.3, 0.4) is 0 Å². The number of benzene rings is 2. The summed E-state index contributed by atoms with van der Waals surface area (Å²) in [6.45, 7) is 0. The Bertz CT molecular complexity index is 618. The van der Waals surface area contributed by atoms with Crippen LogP contribution in [0.1, 0.15) is 5.56 Å². The predicted octanol–water partition coefficient (Wildman–Crippen LogP) is 3.26. The maximum atomic E-state index is 10.9. The van der Waals surface area contributed by atoms with Gasteiger partial charge in [0.05, 0.1) is 4.92 Å². The lowest BCUT2D eigenvalue weighted by Crippen LogP contribution is -1.95. The molecule has 0 aromatic heterocycles. The van der Waals surface area contributed by atoms with Gasteiger partial charge in [-0.15, -0.1) is 0 Å². The number of nitro benzene ring substituents is 1. The van der Waals surface area contributed by atoms with E-state index in [1.807, 2.05) is 6.07 Å². The van der Waals surface area contributed by atoms with Crippen molar-refractivity contribution < 1.29 is 9.66 Å². The third kappa shape index (κ3) is 2.28. The third-order valence-electron chi connectivity index (χ3n) is 2.27. The Kier molecular flexibility index (Phi) is 3.21. The molecule has 5 heteroatoms. The van der Waals surface area contributed by atoms with Gasteiger partial charge >= 0.3 is 5.69 Å². The van der Waals surface area contributed by atoms with Gasteiger partial charge in [-0.2, -0.15) is 5.26 Å². The molecule has 0 saturated carbocycles.